The van der Waals surface area contributed by atoms with Gasteiger partial charge in [-0.05, 0) is 52.7 Å². The first-order valence-electron chi connectivity index (χ1n) is 5.76. The van der Waals surface area contributed by atoms with E-state index in [2.05, 4.69) is 46.2 Å². The summed E-state index contributed by atoms with van der Waals surface area (Å²) in [7, 11) is 2.19. The number of nitrogens with two attached hydrogens (primary N) is 1. The zero-order chi connectivity index (χ0) is 11.7. The molecule has 0 radical (unpaired) electrons. The largest absolute Gasteiger partial charge is 0.329 e. The molecule has 0 bridgehead atoms. The topological polar surface area (TPSA) is 29.3 Å². The van der Waals surface area contributed by atoms with Crippen LogP contribution in [0.15, 0.2) is 15.9 Å². The summed E-state index contributed by atoms with van der Waals surface area (Å²) in [6.07, 6.45) is 1.38. The lowest BCUT2D eigenvalue weighted by Crippen LogP contribution is -2.32. The van der Waals surface area contributed by atoms with Gasteiger partial charge in [0.15, 0.2) is 0 Å². The molecule has 1 fully saturated rings. The van der Waals surface area contributed by atoms with Gasteiger partial charge in [0.05, 0.1) is 6.04 Å². The molecule has 0 aliphatic heterocycles. The van der Waals surface area contributed by atoms with Gasteiger partial charge in [-0.3, -0.25) is 4.90 Å². The maximum atomic E-state index is 5.91. The van der Waals surface area contributed by atoms with Crippen LogP contribution in [0.3, 0.4) is 0 Å². The average molecular weight is 303 g/mol. The number of likely N-dealkylation sites (N-methyl/N-ethyl adjacent to an activating group) is 1. The molecule has 2 rings (SSSR count). The molecular formula is C12H19BrN2S. The van der Waals surface area contributed by atoms with E-state index in [0.29, 0.717) is 12.6 Å². The molecule has 0 spiro atoms. The highest BCUT2D eigenvalue weighted by Crippen LogP contribution is 2.40. The summed E-state index contributed by atoms with van der Waals surface area (Å²) in [6, 6.07) is 2.47. The standard InChI is InChI=1S/C12H19BrN2S/c1-8-5-9(8)7-15(2)11(6-14)12-10(13)3-4-16-12/h3-4,8-9,11H,5-7,14H2,1-2H3. The first kappa shape index (κ1) is 12.6. The van der Waals surface area contributed by atoms with Crippen LogP contribution in [-0.4, -0.2) is 25.0 Å². The number of nitrogens with zero attached hydrogens (tertiary/aromatic N) is 1. The highest BCUT2D eigenvalue weighted by atomic mass is 79.9. The molecule has 16 heavy (non-hydrogen) atoms. The van der Waals surface area contributed by atoms with Gasteiger partial charge < -0.3 is 5.73 Å². The Hall–Kier alpha value is 0.100. The second kappa shape index (κ2) is 5.17. The predicted octanol–water partition coefficient (Wildman–Crippen LogP) is 3.10. The lowest BCUT2D eigenvalue weighted by Gasteiger charge is -2.26. The van der Waals surface area contributed by atoms with Gasteiger partial charge in [-0.2, -0.15) is 0 Å². The van der Waals surface area contributed by atoms with E-state index in [0.717, 1.165) is 11.8 Å². The number of hydrogen-bond donors (Lipinski definition) is 1. The third-order valence-electron chi connectivity index (χ3n) is 3.50. The molecule has 0 saturated heterocycles. The monoisotopic (exact) mass is 302 g/mol. The Labute approximate surface area is 110 Å². The van der Waals surface area contributed by atoms with E-state index < -0.39 is 0 Å². The Morgan fingerprint density at radius 3 is 2.81 bits per heavy atom. The summed E-state index contributed by atoms with van der Waals surface area (Å²) in [4.78, 5) is 3.77. The maximum absolute atomic E-state index is 5.91. The first-order valence-corrected chi connectivity index (χ1v) is 7.44. The Bertz CT molecular complexity index is 353. The fraction of sp³-hybridized carbons (Fsp3) is 0.667. The van der Waals surface area contributed by atoms with E-state index in [9.17, 15) is 0 Å². The quantitative estimate of drug-likeness (QED) is 0.905. The zero-order valence-electron chi connectivity index (χ0n) is 9.82. The molecule has 90 valence electrons. The Balaban J connectivity index is 2.01. The minimum absolute atomic E-state index is 0.363. The summed E-state index contributed by atoms with van der Waals surface area (Å²) in [5.74, 6) is 1.80. The highest BCUT2D eigenvalue weighted by molar-refractivity contribution is 9.10. The molecular weight excluding hydrogens is 284 g/mol. The van der Waals surface area contributed by atoms with Crippen molar-refractivity contribution in [1.29, 1.82) is 0 Å². The van der Waals surface area contributed by atoms with E-state index in [1.54, 1.807) is 11.3 Å². The van der Waals surface area contributed by atoms with Crippen molar-refractivity contribution in [3.05, 3.63) is 20.8 Å². The van der Waals surface area contributed by atoms with Crippen LogP contribution in [0.1, 0.15) is 24.3 Å². The smallest absolute Gasteiger partial charge is 0.0573 e. The lowest BCUT2D eigenvalue weighted by atomic mass is 10.2. The molecule has 3 unspecified atom stereocenters. The summed E-state index contributed by atoms with van der Waals surface area (Å²) < 4.78 is 1.20. The third-order valence-corrected chi connectivity index (χ3v) is 5.47. The van der Waals surface area contributed by atoms with Gasteiger partial charge in [0.2, 0.25) is 0 Å². The Kier molecular flexibility index (Phi) is 4.06. The number of hydrogen-bond acceptors (Lipinski definition) is 3. The van der Waals surface area contributed by atoms with E-state index >= 15 is 0 Å². The molecule has 1 aliphatic rings. The van der Waals surface area contributed by atoms with Gasteiger partial charge in [0.1, 0.15) is 0 Å². The second-order valence-corrected chi connectivity index (χ2v) is 6.60. The second-order valence-electron chi connectivity index (χ2n) is 4.80. The van der Waals surface area contributed by atoms with Gasteiger partial charge in [0, 0.05) is 22.4 Å². The Morgan fingerprint density at radius 1 is 1.69 bits per heavy atom. The van der Waals surface area contributed by atoms with Crippen molar-refractivity contribution < 1.29 is 0 Å². The SMILES string of the molecule is CC1CC1CN(C)C(CN)c1sccc1Br. The van der Waals surface area contributed by atoms with Gasteiger partial charge >= 0.3 is 0 Å². The summed E-state index contributed by atoms with van der Waals surface area (Å²) in [6.45, 7) is 4.20. The van der Waals surface area contributed by atoms with Crippen molar-refractivity contribution in [2.45, 2.75) is 19.4 Å². The van der Waals surface area contributed by atoms with E-state index in [1.807, 2.05) is 0 Å². The molecule has 2 nitrogen and oxygen atoms in total. The first-order chi connectivity index (χ1) is 7.63. The van der Waals surface area contributed by atoms with E-state index in [4.69, 9.17) is 5.73 Å². The van der Waals surface area contributed by atoms with Gasteiger partial charge in [0.25, 0.3) is 0 Å². The van der Waals surface area contributed by atoms with Crippen LogP contribution in [-0.2, 0) is 0 Å². The minimum Gasteiger partial charge on any atom is -0.329 e. The van der Waals surface area contributed by atoms with Gasteiger partial charge in [-0.25, -0.2) is 0 Å². The molecule has 1 saturated carbocycles. The summed E-state index contributed by atoms with van der Waals surface area (Å²) in [5, 5.41) is 2.12. The maximum Gasteiger partial charge on any atom is 0.0573 e. The molecule has 3 atom stereocenters. The fourth-order valence-electron chi connectivity index (χ4n) is 2.18. The molecule has 1 heterocycles. The van der Waals surface area contributed by atoms with E-state index in [-0.39, 0.29) is 0 Å². The summed E-state index contributed by atoms with van der Waals surface area (Å²) in [5.41, 5.74) is 5.91. The number of thiophene rings is 1. The van der Waals surface area contributed by atoms with Crippen LogP contribution in [0.2, 0.25) is 0 Å². The van der Waals surface area contributed by atoms with Gasteiger partial charge in [-0.1, -0.05) is 6.92 Å². The average Bonchev–Trinajstić information content (AvgIpc) is 2.74. The van der Waals surface area contributed by atoms with Crippen LogP contribution in [0, 0.1) is 11.8 Å². The Morgan fingerprint density at radius 2 is 2.38 bits per heavy atom. The van der Waals surface area contributed by atoms with Crippen LogP contribution in [0.4, 0.5) is 0 Å². The summed E-state index contributed by atoms with van der Waals surface area (Å²) >= 11 is 5.39. The highest BCUT2D eigenvalue weighted by Gasteiger charge is 2.34. The molecule has 0 amide bonds. The fourth-order valence-corrected chi connectivity index (χ4v) is 4.00. The molecule has 0 aromatic carbocycles. The number of halogens is 1. The van der Waals surface area contributed by atoms with Crippen molar-refractivity contribution in [3.8, 4) is 0 Å². The van der Waals surface area contributed by atoms with Gasteiger partial charge in [-0.15, -0.1) is 11.3 Å². The third kappa shape index (κ3) is 2.67. The number of rotatable bonds is 5. The molecule has 4 heteroatoms. The van der Waals surface area contributed by atoms with Crippen molar-refractivity contribution in [2.24, 2.45) is 17.6 Å². The molecule has 1 aliphatic carbocycles. The minimum atomic E-state index is 0.363. The molecule has 1 aromatic rings. The van der Waals surface area contributed by atoms with Crippen LogP contribution >= 0.6 is 27.3 Å². The van der Waals surface area contributed by atoms with Crippen LogP contribution in [0.5, 0.6) is 0 Å². The normalized spacial score (nSPS) is 26.1. The lowest BCUT2D eigenvalue weighted by molar-refractivity contribution is 0.239. The zero-order valence-corrected chi connectivity index (χ0v) is 12.2. The predicted molar refractivity (Wildman–Crippen MR) is 73.7 cm³/mol. The molecule has 2 N–H and O–H groups in total. The van der Waals surface area contributed by atoms with Crippen molar-refractivity contribution in [1.82, 2.24) is 4.90 Å². The van der Waals surface area contributed by atoms with Crippen molar-refractivity contribution in [3.63, 3.8) is 0 Å². The molecule has 1 aromatic heterocycles. The van der Waals surface area contributed by atoms with Crippen molar-refractivity contribution in [2.75, 3.05) is 20.1 Å². The van der Waals surface area contributed by atoms with Crippen LogP contribution in [0.25, 0.3) is 0 Å². The van der Waals surface area contributed by atoms with Crippen LogP contribution < -0.4 is 5.73 Å². The van der Waals surface area contributed by atoms with E-state index in [1.165, 1.54) is 22.3 Å². The van der Waals surface area contributed by atoms with Crippen molar-refractivity contribution >= 4 is 27.3 Å².